The number of aromatic amines is 1. The maximum Gasteiger partial charge on any atom is 0.178 e. The summed E-state index contributed by atoms with van der Waals surface area (Å²) in [6.45, 7) is 0.400. The largest absolute Gasteiger partial charge is 0.340 e. The third kappa shape index (κ3) is 1.79. The summed E-state index contributed by atoms with van der Waals surface area (Å²) in [5, 5.41) is 0. The number of nitrogens with zero attached hydrogens (tertiary/aromatic N) is 2. The van der Waals surface area contributed by atoms with Crippen molar-refractivity contribution < 1.29 is 0 Å². The maximum atomic E-state index is 5.54. The predicted molar refractivity (Wildman–Crippen MR) is 67.2 cm³/mol. The average Bonchev–Trinajstić information content (AvgIpc) is 2.81. The van der Waals surface area contributed by atoms with Crippen LogP contribution in [0.2, 0.25) is 0 Å². The zero-order valence-corrected chi connectivity index (χ0v) is 9.22. The topological polar surface area (TPSA) is 67.6 Å². The summed E-state index contributed by atoms with van der Waals surface area (Å²) in [5.41, 5.74) is 9.19. The van der Waals surface area contributed by atoms with Gasteiger partial charge in [0.05, 0.1) is 17.8 Å². The summed E-state index contributed by atoms with van der Waals surface area (Å²) < 4.78 is 0. The molecule has 0 bridgehead atoms. The van der Waals surface area contributed by atoms with Gasteiger partial charge in [0.25, 0.3) is 0 Å². The first-order valence-corrected chi connectivity index (χ1v) is 5.48. The Morgan fingerprint density at radius 2 is 1.82 bits per heavy atom. The van der Waals surface area contributed by atoms with Crippen molar-refractivity contribution in [2.24, 2.45) is 5.73 Å². The standard InChI is InChI=1S/C13H12N4/c14-8-12-15-11-7-6-10(16-13(11)17-12)9-4-2-1-3-5-9/h1-7H,8,14H2,(H,15,16,17). The molecule has 1 aromatic carbocycles. The zero-order chi connectivity index (χ0) is 11.7. The second-order valence-corrected chi connectivity index (χ2v) is 3.82. The molecule has 4 heteroatoms. The number of imidazole rings is 1. The predicted octanol–water partition coefficient (Wildman–Crippen LogP) is 2.08. The maximum absolute atomic E-state index is 5.54. The van der Waals surface area contributed by atoms with E-state index in [0.717, 1.165) is 22.6 Å². The number of pyridine rings is 1. The van der Waals surface area contributed by atoms with E-state index < -0.39 is 0 Å². The summed E-state index contributed by atoms with van der Waals surface area (Å²) in [4.78, 5) is 12.0. The number of nitrogens with one attached hydrogen (secondary N) is 1. The normalized spacial score (nSPS) is 10.9. The van der Waals surface area contributed by atoms with Gasteiger partial charge < -0.3 is 10.7 Å². The quantitative estimate of drug-likeness (QED) is 0.700. The minimum absolute atomic E-state index is 0.400. The lowest BCUT2D eigenvalue weighted by molar-refractivity contribution is 0.956. The van der Waals surface area contributed by atoms with Crippen molar-refractivity contribution in [2.45, 2.75) is 6.54 Å². The van der Waals surface area contributed by atoms with Crippen LogP contribution >= 0.6 is 0 Å². The van der Waals surface area contributed by atoms with Crippen LogP contribution in [-0.2, 0) is 6.54 Å². The van der Waals surface area contributed by atoms with Crippen LogP contribution in [0.4, 0.5) is 0 Å². The molecule has 0 radical (unpaired) electrons. The Labute approximate surface area is 98.5 Å². The molecule has 2 heterocycles. The minimum Gasteiger partial charge on any atom is -0.340 e. The molecule has 0 aliphatic carbocycles. The van der Waals surface area contributed by atoms with E-state index in [1.54, 1.807) is 0 Å². The number of H-pyrrole nitrogens is 1. The minimum atomic E-state index is 0.400. The van der Waals surface area contributed by atoms with Gasteiger partial charge >= 0.3 is 0 Å². The second-order valence-electron chi connectivity index (χ2n) is 3.82. The molecule has 0 spiro atoms. The molecule has 3 rings (SSSR count). The van der Waals surface area contributed by atoms with E-state index in [2.05, 4.69) is 15.0 Å². The number of hydrogen-bond donors (Lipinski definition) is 2. The van der Waals surface area contributed by atoms with E-state index in [9.17, 15) is 0 Å². The summed E-state index contributed by atoms with van der Waals surface area (Å²) in [6, 6.07) is 14.0. The highest BCUT2D eigenvalue weighted by Crippen LogP contribution is 2.19. The van der Waals surface area contributed by atoms with Crippen LogP contribution in [0, 0.1) is 0 Å². The van der Waals surface area contributed by atoms with Crippen molar-refractivity contribution in [1.29, 1.82) is 0 Å². The summed E-state index contributed by atoms with van der Waals surface area (Å²) in [7, 11) is 0. The first-order valence-electron chi connectivity index (χ1n) is 5.48. The molecule has 0 saturated carbocycles. The van der Waals surface area contributed by atoms with Crippen LogP contribution in [0.15, 0.2) is 42.5 Å². The highest BCUT2D eigenvalue weighted by Gasteiger charge is 2.05. The smallest absolute Gasteiger partial charge is 0.178 e. The Morgan fingerprint density at radius 1 is 1.00 bits per heavy atom. The van der Waals surface area contributed by atoms with Crippen LogP contribution in [0.25, 0.3) is 22.4 Å². The molecular weight excluding hydrogens is 212 g/mol. The molecule has 3 aromatic rings. The summed E-state index contributed by atoms with van der Waals surface area (Å²) in [6.07, 6.45) is 0. The van der Waals surface area contributed by atoms with Crippen molar-refractivity contribution in [2.75, 3.05) is 0 Å². The highest BCUT2D eigenvalue weighted by molar-refractivity contribution is 5.75. The number of hydrogen-bond acceptors (Lipinski definition) is 3. The van der Waals surface area contributed by atoms with Gasteiger partial charge in [-0.3, -0.25) is 0 Å². The first kappa shape index (κ1) is 9.99. The number of fused-ring (bicyclic) bond motifs is 1. The third-order valence-corrected chi connectivity index (χ3v) is 2.66. The van der Waals surface area contributed by atoms with Crippen molar-refractivity contribution in [3.05, 3.63) is 48.3 Å². The van der Waals surface area contributed by atoms with Crippen molar-refractivity contribution in [1.82, 2.24) is 15.0 Å². The van der Waals surface area contributed by atoms with Crippen LogP contribution < -0.4 is 5.73 Å². The van der Waals surface area contributed by atoms with Crippen LogP contribution in [0.3, 0.4) is 0 Å². The SMILES string of the molecule is NCc1nc2nc(-c3ccccc3)ccc2[nH]1. The Kier molecular flexibility index (Phi) is 2.34. The second kappa shape index (κ2) is 3.99. The molecule has 0 unspecified atom stereocenters. The van der Waals surface area contributed by atoms with Crippen LogP contribution in [-0.4, -0.2) is 15.0 Å². The molecule has 0 aliphatic heterocycles. The molecule has 0 aliphatic rings. The van der Waals surface area contributed by atoms with Gasteiger partial charge in [-0.05, 0) is 12.1 Å². The van der Waals surface area contributed by atoms with E-state index in [-0.39, 0.29) is 0 Å². The molecule has 2 aromatic heterocycles. The van der Waals surface area contributed by atoms with E-state index in [0.29, 0.717) is 12.2 Å². The number of aromatic nitrogens is 3. The highest BCUT2D eigenvalue weighted by atomic mass is 15.0. The average molecular weight is 224 g/mol. The zero-order valence-electron chi connectivity index (χ0n) is 9.22. The fourth-order valence-corrected chi connectivity index (χ4v) is 1.81. The molecule has 0 fully saturated rings. The van der Waals surface area contributed by atoms with Gasteiger partial charge in [-0.25, -0.2) is 9.97 Å². The fraction of sp³-hybridized carbons (Fsp3) is 0.0769. The third-order valence-electron chi connectivity index (χ3n) is 2.66. The molecule has 4 nitrogen and oxygen atoms in total. The fourth-order valence-electron chi connectivity index (χ4n) is 1.81. The Balaban J connectivity index is 2.13. The number of benzene rings is 1. The van der Waals surface area contributed by atoms with Gasteiger partial charge in [0.2, 0.25) is 0 Å². The Bertz CT molecular complexity index is 643. The van der Waals surface area contributed by atoms with E-state index in [1.807, 2.05) is 42.5 Å². The first-order chi connectivity index (χ1) is 8.36. The van der Waals surface area contributed by atoms with Gasteiger partial charge in [-0.1, -0.05) is 30.3 Å². The molecule has 0 amide bonds. The molecule has 17 heavy (non-hydrogen) atoms. The molecule has 3 N–H and O–H groups in total. The lowest BCUT2D eigenvalue weighted by Gasteiger charge is -1.99. The van der Waals surface area contributed by atoms with Gasteiger partial charge in [0.1, 0.15) is 5.82 Å². The monoisotopic (exact) mass is 224 g/mol. The molecule has 0 atom stereocenters. The van der Waals surface area contributed by atoms with Crippen LogP contribution in [0.1, 0.15) is 5.82 Å². The molecular formula is C13H12N4. The van der Waals surface area contributed by atoms with Gasteiger partial charge in [0.15, 0.2) is 5.65 Å². The van der Waals surface area contributed by atoms with Crippen molar-refractivity contribution in [3.8, 4) is 11.3 Å². The Morgan fingerprint density at radius 3 is 2.59 bits per heavy atom. The van der Waals surface area contributed by atoms with Crippen LogP contribution in [0.5, 0.6) is 0 Å². The van der Waals surface area contributed by atoms with E-state index in [4.69, 9.17) is 5.73 Å². The Hall–Kier alpha value is -2.20. The van der Waals surface area contributed by atoms with Gasteiger partial charge in [-0.15, -0.1) is 0 Å². The van der Waals surface area contributed by atoms with Gasteiger partial charge in [-0.2, -0.15) is 0 Å². The lowest BCUT2D eigenvalue weighted by Crippen LogP contribution is -1.97. The van der Waals surface area contributed by atoms with Crippen molar-refractivity contribution in [3.63, 3.8) is 0 Å². The molecule has 0 saturated heterocycles. The van der Waals surface area contributed by atoms with E-state index >= 15 is 0 Å². The summed E-state index contributed by atoms with van der Waals surface area (Å²) in [5.74, 6) is 0.762. The number of rotatable bonds is 2. The van der Waals surface area contributed by atoms with Crippen molar-refractivity contribution >= 4 is 11.2 Å². The van der Waals surface area contributed by atoms with Gasteiger partial charge in [0, 0.05) is 5.56 Å². The molecule has 84 valence electrons. The van der Waals surface area contributed by atoms with E-state index in [1.165, 1.54) is 0 Å². The summed E-state index contributed by atoms with van der Waals surface area (Å²) >= 11 is 0. The lowest BCUT2D eigenvalue weighted by atomic mass is 10.1. The number of nitrogens with two attached hydrogens (primary N) is 1.